The number of carbonyl (C=O) groups is 1. The number of benzene rings is 1. The molecular formula is C12H9Cl2FN4O2. The molecule has 0 saturated carbocycles. The van der Waals surface area contributed by atoms with Gasteiger partial charge in [0.05, 0.1) is 0 Å². The van der Waals surface area contributed by atoms with E-state index in [2.05, 4.69) is 15.0 Å². The van der Waals surface area contributed by atoms with Crippen LogP contribution in [0.3, 0.4) is 0 Å². The van der Waals surface area contributed by atoms with Crippen molar-refractivity contribution in [2.24, 2.45) is 0 Å². The first kappa shape index (κ1) is 15.4. The molecule has 0 bridgehead atoms. The summed E-state index contributed by atoms with van der Waals surface area (Å²) in [7, 11) is 3.14. The second-order valence-corrected chi connectivity index (χ2v) is 4.78. The van der Waals surface area contributed by atoms with Crippen LogP contribution in [0, 0.1) is 5.82 Å². The van der Waals surface area contributed by atoms with Gasteiger partial charge in [0.15, 0.2) is 11.6 Å². The molecule has 0 fully saturated rings. The van der Waals surface area contributed by atoms with Crippen LogP contribution in [0.25, 0.3) is 0 Å². The first-order valence-corrected chi connectivity index (χ1v) is 6.38. The highest BCUT2D eigenvalue weighted by molar-refractivity contribution is 6.31. The third-order valence-electron chi connectivity index (χ3n) is 2.35. The van der Waals surface area contributed by atoms with Gasteiger partial charge in [0, 0.05) is 19.7 Å². The highest BCUT2D eigenvalue weighted by atomic mass is 35.5. The molecule has 2 rings (SSSR count). The summed E-state index contributed by atoms with van der Waals surface area (Å²) in [6.45, 7) is 0. The van der Waals surface area contributed by atoms with Gasteiger partial charge in [-0.1, -0.05) is 0 Å². The monoisotopic (exact) mass is 330 g/mol. The van der Waals surface area contributed by atoms with Gasteiger partial charge in [0.25, 0.3) is 5.91 Å². The van der Waals surface area contributed by atoms with Crippen molar-refractivity contribution in [2.45, 2.75) is 0 Å². The Kier molecular flexibility index (Phi) is 4.54. The quantitative estimate of drug-likeness (QED) is 0.865. The van der Waals surface area contributed by atoms with Gasteiger partial charge in [-0.3, -0.25) is 4.79 Å². The molecule has 110 valence electrons. The molecule has 2 aromatic rings. The molecule has 6 nitrogen and oxygen atoms in total. The molecule has 0 aliphatic carbocycles. The Morgan fingerprint density at radius 2 is 1.81 bits per heavy atom. The Labute approximate surface area is 129 Å². The summed E-state index contributed by atoms with van der Waals surface area (Å²) in [6.07, 6.45) is 0. The molecule has 0 spiro atoms. The first-order valence-electron chi connectivity index (χ1n) is 5.63. The van der Waals surface area contributed by atoms with Gasteiger partial charge in [0.1, 0.15) is 0 Å². The van der Waals surface area contributed by atoms with Crippen LogP contribution in [-0.4, -0.2) is 39.9 Å². The molecule has 9 heteroatoms. The molecule has 1 aromatic heterocycles. The topological polar surface area (TPSA) is 68.2 Å². The third kappa shape index (κ3) is 3.77. The maximum atomic E-state index is 13.9. The lowest BCUT2D eigenvalue weighted by molar-refractivity contribution is 0.0827. The minimum absolute atomic E-state index is 0.163. The van der Waals surface area contributed by atoms with Crippen molar-refractivity contribution >= 4 is 29.1 Å². The van der Waals surface area contributed by atoms with Crippen molar-refractivity contribution in [3.8, 4) is 11.8 Å². The fraction of sp³-hybridized carbons (Fsp3) is 0.167. The molecule has 1 aromatic carbocycles. The summed E-state index contributed by atoms with van der Waals surface area (Å²) in [5.41, 5.74) is 0.191. The van der Waals surface area contributed by atoms with Crippen LogP contribution < -0.4 is 4.74 Å². The van der Waals surface area contributed by atoms with Crippen LogP contribution in [0.15, 0.2) is 18.2 Å². The number of rotatable bonds is 3. The number of carbonyl (C=O) groups excluding carboxylic acids is 1. The summed E-state index contributed by atoms with van der Waals surface area (Å²) >= 11 is 11.2. The van der Waals surface area contributed by atoms with Crippen LogP contribution >= 0.6 is 23.2 Å². The third-order valence-corrected chi connectivity index (χ3v) is 2.68. The zero-order valence-corrected chi connectivity index (χ0v) is 12.5. The molecule has 0 radical (unpaired) electrons. The fourth-order valence-corrected chi connectivity index (χ4v) is 1.78. The average Bonchev–Trinajstić information content (AvgIpc) is 2.39. The highest BCUT2D eigenvalue weighted by Crippen LogP contribution is 2.24. The average molecular weight is 331 g/mol. The van der Waals surface area contributed by atoms with Crippen molar-refractivity contribution in [3.05, 3.63) is 40.1 Å². The van der Waals surface area contributed by atoms with E-state index in [4.69, 9.17) is 27.9 Å². The number of nitrogens with zero attached hydrogens (tertiary/aromatic N) is 4. The second-order valence-electron chi connectivity index (χ2n) is 4.10. The summed E-state index contributed by atoms with van der Waals surface area (Å²) in [4.78, 5) is 23.9. The predicted octanol–water partition coefficient (Wildman–Crippen LogP) is 2.81. The smallest absolute Gasteiger partial charge is 0.327 e. The maximum absolute atomic E-state index is 13.9. The zero-order valence-electron chi connectivity index (χ0n) is 11.0. The number of halogens is 3. The first-order chi connectivity index (χ1) is 9.86. The van der Waals surface area contributed by atoms with Gasteiger partial charge in [-0.25, -0.2) is 4.39 Å². The lowest BCUT2D eigenvalue weighted by Crippen LogP contribution is -2.21. The van der Waals surface area contributed by atoms with Crippen LogP contribution in [0.1, 0.15) is 10.4 Å². The lowest BCUT2D eigenvalue weighted by atomic mass is 10.2. The molecule has 0 atom stereocenters. The van der Waals surface area contributed by atoms with Gasteiger partial charge < -0.3 is 9.64 Å². The molecule has 0 N–H and O–H groups in total. The van der Waals surface area contributed by atoms with Gasteiger partial charge in [-0.15, -0.1) is 0 Å². The molecule has 0 aliphatic heterocycles. The van der Waals surface area contributed by atoms with E-state index in [1.165, 1.54) is 17.0 Å². The summed E-state index contributed by atoms with van der Waals surface area (Å²) in [5, 5.41) is -0.352. The standard InChI is InChI=1S/C12H9Cl2FN4O2/c1-19(2)9(20)6-3-4-8(7(15)5-6)21-12-17-10(13)16-11(14)18-12/h3-5H,1-2H3. The summed E-state index contributed by atoms with van der Waals surface area (Å²) in [5.74, 6) is -1.23. The van der Waals surface area contributed by atoms with Gasteiger partial charge in [0.2, 0.25) is 10.6 Å². The van der Waals surface area contributed by atoms with Crippen molar-refractivity contribution in [3.63, 3.8) is 0 Å². The van der Waals surface area contributed by atoms with E-state index in [1.807, 2.05) is 0 Å². The SMILES string of the molecule is CN(C)C(=O)c1ccc(Oc2nc(Cl)nc(Cl)n2)c(F)c1. The highest BCUT2D eigenvalue weighted by Gasteiger charge is 2.14. The van der Waals surface area contributed by atoms with Crippen LogP contribution in [0.4, 0.5) is 4.39 Å². The van der Waals surface area contributed by atoms with E-state index >= 15 is 0 Å². The van der Waals surface area contributed by atoms with E-state index in [9.17, 15) is 9.18 Å². The van der Waals surface area contributed by atoms with Crippen LogP contribution in [0.5, 0.6) is 11.8 Å². The second kappa shape index (κ2) is 6.19. The molecule has 0 unspecified atom stereocenters. The lowest BCUT2D eigenvalue weighted by Gasteiger charge is -2.11. The molecule has 21 heavy (non-hydrogen) atoms. The van der Waals surface area contributed by atoms with E-state index < -0.39 is 5.82 Å². The van der Waals surface area contributed by atoms with Crippen molar-refractivity contribution in [2.75, 3.05) is 14.1 Å². The van der Waals surface area contributed by atoms with E-state index in [0.29, 0.717) is 0 Å². The Morgan fingerprint density at radius 1 is 1.19 bits per heavy atom. The van der Waals surface area contributed by atoms with Crippen LogP contribution in [-0.2, 0) is 0 Å². The van der Waals surface area contributed by atoms with E-state index in [1.54, 1.807) is 14.1 Å². The van der Waals surface area contributed by atoms with Gasteiger partial charge in [-0.05, 0) is 41.4 Å². The predicted molar refractivity (Wildman–Crippen MR) is 74.3 cm³/mol. The Hall–Kier alpha value is -1.99. The van der Waals surface area contributed by atoms with Crippen LogP contribution in [0.2, 0.25) is 10.6 Å². The van der Waals surface area contributed by atoms with Gasteiger partial charge in [-0.2, -0.15) is 15.0 Å². The summed E-state index contributed by atoms with van der Waals surface area (Å²) < 4.78 is 19.1. The number of ether oxygens (including phenoxy) is 1. The molecular weight excluding hydrogens is 322 g/mol. The Morgan fingerprint density at radius 3 is 2.33 bits per heavy atom. The van der Waals surface area contributed by atoms with Crippen molar-refractivity contribution in [1.29, 1.82) is 0 Å². The van der Waals surface area contributed by atoms with E-state index in [-0.39, 0.29) is 33.8 Å². The fourth-order valence-electron chi connectivity index (χ4n) is 1.43. The number of hydrogen-bond acceptors (Lipinski definition) is 5. The minimum Gasteiger partial charge on any atom is -0.421 e. The molecule has 1 amide bonds. The van der Waals surface area contributed by atoms with Crippen molar-refractivity contribution in [1.82, 2.24) is 19.9 Å². The number of amides is 1. The number of hydrogen-bond donors (Lipinski definition) is 0. The van der Waals surface area contributed by atoms with E-state index in [0.717, 1.165) is 6.07 Å². The molecule has 0 aliphatic rings. The Bertz CT molecular complexity index is 677. The van der Waals surface area contributed by atoms with Gasteiger partial charge >= 0.3 is 6.01 Å². The Balaban J connectivity index is 2.27. The number of aromatic nitrogens is 3. The largest absolute Gasteiger partial charge is 0.421 e. The maximum Gasteiger partial charge on any atom is 0.327 e. The molecule has 0 saturated heterocycles. The normalized spacial score (nSPS) is 10.3. The summed E-state index contributed by atoms with van der Waals surface area (Å²) in [6, 6.07) is 3.52. The minimum atomic E-state index is -0.740. The van der Waals surface area contributed by atoms with Crippen molar-refractivity contribution < 1.29 is 13.9 Å². The zero-order chi connectivity index (χ0) is 15.6. The molecule has 1 heterocycles.